The number of hydrogen-bond donors (Lipinski definition) is 0. The molecule has 0 spiro atoms. The molecule has 1 saturated heterocycles. The first-order valence-electron chi connectivity index (χ1n) is 8.68. The van der Waals surface area contributed by atoms with Gasteiger partial charge in [0.25, 0.3) is 0 Å². The van der Waals surface area contributed by atoms with Crippen molar-refractivity contribution in [2.75, 3.05) is 44.2 Å². The zero-order valence-corrected chi connectivity index (χ0v) is 15.3. The Balaban J connectivity index is 1.35. The second-order valence-electron chi connectivity index (χ2n) is 6.09. The maximum atomic E-state index is 11.8. The smallest absolute Gasteiger partial charge is 0.330 e. The summed E-state index contributed by atoms with van der Waals surface area (Å²) < 4.78 is 5.28. The van der Waals surface area contributed by atoms with Gasteiger partial charge in [0.15, 0.2) is 0 Å². The molecule has 0 N–H and O–H groups in total. The van der Waals surface area contributed by atoms with Crippen molar-refractivity contribution < 1.29 is 9.53 Å². The molecule has 3 rings (SSSR count). The van der Waals surface area contributed by atoms with Crippen LogP contribution < -0.4 is 4.90 Å². The van der Waals surface area contributed by atoms with E-state index in [1.165, 1.54) is 11.8 Å². The lowest BCUT2D eigenvalue weighted by molar-refractivity contribution is -0.138. The van der Waals surface area contributed by atoms with Gasteiger partial charge in [-0.1, -0.05) is 17.7 Å². The molecule has 1 aromatic carbocycles. The lowest BCUT2D eigenvalue weighted by atomic mass is 10.2. The van der Waals surface area contributed by atoms with Crippen LogP contribution in [-0.4, -0.2) is 55.2 Å². The maximum absolute atomic E-state index is 11.8. The summed E-state index contributed by atoms with van der Waals surface area (Å²) in [6, 6.07) is 11.7. The number of hydrogen-bond acceptors (Lipinski definition) is 5. The van der Waals surface area contributed by atoms with Crippen LogP contribution >= 0.6 is 11.6 Å². The molecule has 26 heavy (non-hydrogen) atoms. The minimum Gasteiger partial charge on any atom is -0.461 e. The van der Waals surface area contributed by atoms with Crippen LogP contribution in [0.15, 0.2) is 54.9 Å². The Bertz CT molecular complexity index is 726. The molecule has 1 aliphatic rings. The largest absolute Gasteiger partial charge is 0.461 e. The highest BCUT2D eigenvalue weighted by Crippen LogP contribution is 2.19. The van der Waals surface area contributed by atoms with Gasteiger partial charge in [0.2, 0.25) is 0 Å². The predicted molar refractivity (Wildman–Crippen MR) is 104 cm³/mol. The van der Waals surface area contributed by atoms with E-state index in [2.05, 4.69) is 14.8 Å². The van der Waals surface area contributed by atoms with E-state index in [-0.39, 0.29) is 5.97 Å². The number of pyridine rings is 1. The Morgan fingerprint density at radius 3 is 2.62 bits per heavy atom. The Kier molecular flexibility index (Phi) is 6.63. The van der Waals surface area contributed by atoms with E-state index in [0.717, 1.165) is 43.3 Å². The molecule has 0 amide bonds. The molecule has 0 radical (unpaired) electrons. The zero-order chi connectivity index (χ0) is 18.2. The van der Waals surface area contributed by atoms with Crippen LogP contribution in [0.5, 0.6) is 0 Å². The van der Waals surface area contributed by atoms with E-state index < -0.39 is 0 Å². The van der Waals surface area contributed by atoms with Crippen molar-refractivity contribution in [3.8, 4) is 0 Å². The molecule has 0 aliphatic carbocycles. The number of ether oxygens (including phenoxy) is 1. The van der Waals surface area contributed by atoms with Crippen LogP contribution in [0.1, 0.15) is 5.56 Å². The average molecular weight is 372 g/mol. The number of esters is 1. The van der Waals surface area contributed by atoms with Gasteiger partial charge >= 0.3 is 5.97 Å². The molecule has 2 aromatic rings. The van der Waals surface area contributed by atoms with Crippen LogP contribution in [0.25, 0.3) is 6.08 Å². The highest BCUT2D eigenvalue weighted by Gasteiger charge is 2.17. The minimum atomic E-state index is -0.325. The van der Waals surface area contributed by atoms with E-state index in [1.54, 1.807) is 18.5 Å². The van der Waals surface area contributed by atoms with Crippen molar-refractivity contribution in [3.63, 3.8) is 0 Å². The van der Waals surface area contributed by atoms with E-state index in [1.807, 2.05) is 36.4 Å². The molecule has 6 heteroatoms. The number of carbonyl (C=O) groups is 1. The molecule has 0 bridgehead atoms. The Labute approximate surface area is 158 Å². The minimum absolute atomic E-state index is 0.325. The third-order valence-electron chi connectivity index (χ3n) is 4.31. The molecule has 2 heterocycles. The van der Waals surface area contributed by atoms with Crippen molar-refractivity contribution >= 4 is 29.3 Å². The Morgan fingerprint density at radius 2 is 1.92 bits per heavy atom. The van der Waals surface area contributed by atoms with Gasteiger partial charge in [-0.2, -0.15) is 0 Å². The van der Waals surface area contributed by atoms with Gasteiger partial charge in [0, 0.05) is 61.9 Å². The van der Waals surface area contributed by atoms with E-state index in [0.29, 0.717) is 6.61 Å². The van der Waals surface area contributed by atoms with Gasteiger partial charge in [-0.25, -0.2) is 4.79 Å². The predicted octanol–water partition coefficient (Wildman–Crippen LogP) is 3.11. The van der Waals surface area contributed by atoms with Gasteiger partial charge in [0.1, 0.15) is 6.61 Å². The Hall–Kier alpha value is -2.37. The number of piperazine rings is 1. The second kappa shape index (κ2) is 9.36. The third kappa shape index (κ3) is 5.58. The van der Waals surface area contributed by atoms with Crippen molar-refractivity contribution in [2.45, 2.75) is 0 Å². The number of halogens is 1. The average Bonchev–Trinajstić information content (AvgIpc) is 2.68. The second-order valence-corrected chi connectivity index (χ2v) is 6.53. The van der Waals surface area contributed by atoms with Gasteiger partial charge < -0.3 is 9.64 Å². The lowest BCUT2D eigenvalue weighted by Crippen LogP contribution is -2.47. The zero-order valence-electron chi connectivity index (χ0n) is 14.6. The fourth-order valence-corrected chi connectivity index (χ4v) is 2.97. The van der Waals surface area contributed by atoms with Crippen LogP contribution in [0.2, 0.25) is 5.02 Å². The van der Waals surface area contributed by atoms with Gasteiger partial charge in [0.05, 0.1) is 0 Å². The van der Waals surface area contributed by atoms with Crippen molar-refractivity contribution in [3.05, 3.63) is 65.5 Å². The monoisotopic (exact) mass is 371 g/mol. The summed E-state index contributed by atoms with van der Waals surface area (Å²) in [5, 5.41) is 0.756. The topological polar surface area (TPSA) is 45.7 Å². The maximum Gasteiger partial charge on any atom is 0.330 e. The normalized spacial score (nSPS) is 15.3. The summed E-state index contributed by atoms with van der Waals surface area (Å²) in [6.07, 6.45) is 6.54. The highest BCUT2D eigenvalue weighted by atomic mass is 35.5. The molecule has 0 unspecified atom stereocenters. The molecule has 1 fully saturated rings. The van der Waals surface area contributed by atoms with E-state index >= 15 is 0 Å². The fraction of sp³-hybridized carbons (Fsp3) is 0.300. The molecule has 1 aromatic heterocycles. The molecule has 5 nitrogen and oxygen atoms in total. The molecular formula is C20H22ClN3O2. The summed E-state index contributed by atoms with van der Waals surface area (Å²) in [5.41, 5.74) is 2.07. The van der Waals surface area contributed by atoms with Crippen molar-refractivity contribution in [1.29, 1.82) is 0 Å². The molecular weight excluding hydrogens is 350 g/mol. The Morgan fingerprint density at radius 1 is 1.15 bits per heavy atom. The van der Waals surface area contributed by atoms with Crippen LogP contribution in [0.4, 0.5) is 5.69 Å². The molecule has 1 aliphatic heterocycles. The molecule has 136 valence electrons. The summed E-state index contributed by atoms with van der Waals surface area (Å²) in [6.45, 7) is 4.96. The summed E-state index contributed by atoms with van der Waals surface area (Å²) in [7, 11) is 0. The van der Waals surface area contributed by atoms with Crippen LogP contribution in [0.3, 0.4) is 0 Å². The third-order valence-corrected chi connectivity index (χ3v) is 4.56. The first-order valence-corrected chi connectivity index (χ1v) is 9.06. The standard InChI is InChI=1S/C20H22ClN3O2/c21-18-4-6-19(7-5-18)24-12-10-23(11-13-24)14-15-26-20(25)8-3-17-2-1-9-22-16-17/h1-9,16H,10-15H2/b8-3+. The van der Waals surface area contributed by atoms with Gasteiger partial charge in [-0.15, -0.1) is 0 Å². The van der Waals surface area contributed by atoms with Gasteiger partial charge in [-0.05, 0) is 42.0 Å². The number of aromatic nitrogens is 1. The highest BCUT2D eigenvalue weighted by molar-refractivity contribution is 6.30. The first-order chi connectivity index (χ1) is 12.7. The summed E-state index contributed by atoms with van der Waals surface area (Å²) >= 11 is 5.94. The quantitative estimate of drug-likeness (QED) is 0.576. The molecule has 0 atom stereocenters. The molecule has 0 saturated carbocycles. The number of nitrogens with zero attached hydrogens (tertiary/aromatic N) is 3. The SMILES string of the molecule is O=C(/C=C/c1cccnc1)OCCN1CCN(c2ccc(Cl)cc2)CC1. The number of carbonyl (C=O) groups excluding carboxylic acids is 1. The van der Waals surface area contributed by atoms with E-state index in [9.17, 15) is 4.79 Å². The van der Waals surface area contributed by atoms with Crippen molar-refractivity contribution in [2.24, 2.45) is 0 Å². The van der Waals surface area contributed by atoms with Crippen molar-refractivity contribution in [1.82, 2.24) is 9.88 Å². The summed E-state index contributed by atoms with van der Waals surface area (Å²) in [4.78, 5) is 20.4. The van der Waals surface area contributed by atoms with Gasteiger partial charge in [-0.3, -0.25) is 9.88 Å². The lowest BCUT2D eigenvalue weighted by Gasteiger charge is -2.35. The van der Waals surface area contributed by atoms with Crippen LogP contribution in [0, 0.1) is 0 Å². The fourth-order valence-electron chi connectivity index (χ4n) is 2.84. The summed E-state index contributed by atoms with van der Waals surface area (Å²) in [5.74, 6) is -0.325. The van der Waals surface area contributed by atoms with Crippen LogP contribution in [-0.2, 0) is 9.53 Å². The number of rotatable bonds is 6. The number of benzene rings is 1. The van der Waals surface area contributed by atoms with E-state index in [4.69, 9.17) is 16.3 Å². The first kappa shape index (κ1) is 18.4. The number of anilines is 1.